The van der Waals surface area contributed by atoms with Gasteiger partial charge < -0.3 is 0 Å². The van der Waals surface area contributed by atoms with Gasteiger partial charge >= 0.3 is 0 Å². The summed E-state index contributed by atoms with van der Waals surface area (Å²) in [5.74, 6) is 1.88. The fraction of sp³-hybridized carbons (Fsp3) is 0. The minimum absolute atomic E-state index is 0.601. The summed E-state index contributed by atoms with van der Waals surface area (Å²) in [5.41, 5.74) is 6.35. The number of aromatic nitrogens is 4. The molecular weight excluding hydrogens is 573 g/mol. The van der Waals surface area contributed by atoms with Crippen molar-refractivity contribution in [1.29, 1.82) is 0 Å². The van der Waals surface area contributed by atoms with Gasteiger partial charge in [-0.3, -0.25) is 4.57 Å². The van der Waals surface area contributed by atoms with Gasteiger partial charge in [0.15, 0.2) is 11.6 Å². The van der Waals surface area contributed by atoms with E-state index in [1.54, 1.807) is 0 Å². The van der Waals surface area contributed by atoms with Gasteiger partial charge in [0.1, 0.15) is 0 Å². The zero-order valence-electron chi connectivity index (χ0n) is 25.3. The van der Waals surface area contributed by atoms with Crippen LogP contribution in [0.15, 0.2) is 158 Å². The van der Waals surface area contributed by atoms with Crippen molar-refractivity contribution in [2.24, 2.45) is 0 Å². The zero-order chi connectivity index (χ0) is 30.9. The Bertz CT molecular complexity index is 2780. The van der Waals surface area contributed by atoms with Gasteiger partial charge in [-0.2, -0.15) is 9.97 Å². The first kappa shape index (κ1) is 25.9. The number of rotatable bonds is 4. The van der Waals surface area contributed by atoms with Crippen LogP contribution in [0.4, 0.5) is 0 Å². The average Bonchev–Trinajstić information content (AvgIpc) is 3.51. The molecule has 0 saturated heterocycles. The fourth-order valence-electron chi connectivity index (χ4n) is 7.30. The topological polar surface area (TPSA) is 43.6 Å². The molecule has 8 aromatic carbocycles. The number of nitrogens with zero attached hydrogens (tertiary/aromatic N) is 4. The molecule has 0 aliphatic carbocycles. The van der Waals surface area contributed by atoms with Crippen molar-refractivity contribution in [3.05, 3.63) is 158 Å². The maximum absolute atomic E-state index is 5.28. The van der Waals surface area contributed by atoms with Crippen LogP contribution in [0.3, 0.4) is 0 Å². The predicted octanol–water partition coefficient (Wildman–Crippen LogP) is 10.9. The normalized spacial score (nSPS) is 11.8. The molecule has 0 N–H and O–H groups in total. The molecule has 0 bridgehead atoms. The van der Waals surface area contributed by atoms with Crippen LogP contribution in [-0.2, 0) is 0 Å². The van der Waals surface area contributed by atoms with Crippen molar-refractivity contribution < 1.29 is 0 Å². The molecule has 0 unspecified atom stereocenters. The minimum Gasteiger partial charge on any atom is -0.277 e. The first-order valence-electron chi connectivity index (χ1n) is 15.9. The van der Waals surface area contributed by atoms with Crippen LogP contribution in [0.1, 0.15) is 0 Å². The highest BCUT2D eigenvalue weighted by Gasteiger charge is 2.24. The second kappa shape index (κ2) is 10.1. The molecule has 10 aromatic rings. The third-order valence-electron chi connectivity index (χ3n) is 9.37. The van der Waals surface area contributed by atoms with Crippen LogP contribution in [0.25, 0.3) is 94.0 Å². The lowest BCUT2D eigenvalue weighted by Crippen LogP contribution is -2.06. The average molecular weight is 599 g/mol. The quantitative estimate of drug-likeness (QED) is 0.150. The maximum atomic E-state index is 5.28. The summed E-state index contributed by atoms with van der Waals surface area (Å²) < 4.78 is 2.27. The molecule has 2 aromatic heterocycles. The number of benzene rings is 8. The van der Waals surface area contributed by atoms with Gasteiger partial charge in [0, 0.05) is 27.3 Å². The largest absolute Gasteiger partial charge is 0.277 e. The standard InChI is InChI=1S/C43H26N4/c1-3-13-27(14-4-1)29-18-11-19-31(25-29)42-44-41(28-15-5-2-6-16-28)45-43(46-42)47-37-24-12-23-35-33-21-9-10-22-34(33)36-26-30-17-7-8-20-32(30)40(47)39(36)38(35)37/h1-26H. The van der Waals surface area contributed by atoms with Gasteiger partial charge in [-0.1, -0.05) is 140 Å². The molecular formula is C43H26N4. The molecule has 0 amide bonds. The Kier molecular flexibility index (Phi) is 5.54. The smallest absolute Gasteiger partial charge is 0.238 e. The van der Waals surface area contributed by atoms with E-state index in [1.807, 2.05) is 24.3 Å². The Morgan fingerprint density at radius 3 is 1.72 bits per heavy atom. The van der Waals surface area contributed by atoms with Crippen molar-refractivity contribution in [3.63, 3.8) is 0 Å². The molecule has 0 spiro atoms. The van der Waals surface area contributed by atoms with Crippen LogP contribution in [0, 0.1) is 0 Å². The van der Waals surface area contributed by atoms with Crippen LogP contribution in [-0.4, -0.2) is 19.5 Å². The van der Waals surface area contributed by atoms with E-state index in [4.69, 9.17) is 15.0 Å². The van der Waals surface area contributed by atoms with Crippen LogP contribution >= 0.6 is 0 Å². The van der Waals surface area contributed by atoms with Crippen molar-refractivity contribution in [3.8, 4) is 39.9 Å². The molecule has 0 aliphatic heterocycles. The third kappa shape index (κ3) is 3.92. The Balaban J connectivity index is 1.34. The maximum Gasteiger partial charge on any atom is 0.238 e. The van der Waals surface area contributed by atoms with E-state index in [2.05, 4.69) is 138 Å². The summed E-state index contributed by atoms with van der Waals surface area (Å²) in [7, 11) is 0. The first-order chi connectivity index (χ1) is 23.3. The fourth-order valence-corrected chi connectivity index (χ4v) is 7.30. The zero-order valence-corrected chi connectivity index (χ0v) is 25.3. The molecule has 0 aliphatic rings. The molecule has 4 nitrogen and oxygen atoms in total. The highest BCUT2D eigenvalue weighted by atomic mass is 15.2. The molecule has 2 heterocycles. The summed E-state index contributed by atoms with van der Waals surface area (Å²) in [5, 5.41) is 9.80. The first-order valence-corrected chi connectivity index (χ1v) is 15.9. The molecule has 10 rings (SSSR count). The summed E-state index contributed by atoms with van der Waals surface area (Å²) in [6, 6.07) is 55.4. The molecule has 0 radical (unpaired) electrons. The van der Waals surface area contributed by atoms with Gasteiger partial charge in [-0.05, 0) is 56.3 Å². The molecule has 0 atom stereocenters. The van der Waals surface area contributed by atoms with Crippen molar-refractivity contribution >= 4 is 54.1 Å². The van der Waals surface area contributed by atoms with E-state index in [9.17, 15) is 0 Å². The Morgan fingerprint density at radius 1 is 0.362 bits per heavy atom. The van der Waals surface area contributed by atoms with E-state index < -0.39 is 0 Å². The van der Waals surface area contributed by atoms with Gasteiger partial charge in [0.05, 0.1) is 11.0 Å². The Morgan fingerprint density at radius 2 is 0.936 bits per heavy atom. The molecule has 47 heavy (non-hydrogen) atoms. The lowest BCUT2D eigenvalue weighted by atomic mass is 9.92. The summed E-state index contributed by atoms with van der Waals surface area (Å²) in [6.45, 7) is 0. The van der Waals surface area contributed by atoms with Gasteiger partial charge in [0.2, 0.25) is 5.95 Å². The summed E-state index contributed by atoms with van der Waals surface area (Å²) >= 11 is 0. The summed E-state index contributed by atoms with van der Waals surface area (Å²) in [6.07, 6.45) is 0. The Hall–Kier alpha value is -6.39. The monoisotopic (exact) mass is 598 g/mol. The molecule has 0 fully saturated rings. The molecule has 218 valence electrons. The van der Waals surface area contributed by atoms with Crippen LogP contribution in [0.5, 0.6) is 0 Å². The second-order valence-electron chi connectivity index (χ2n) is 12.0. The Labute approximate surface area is 270 Å². The predicted molar refractivity (Wildman–Crippen MR) is 194 cm³/mol. The van der Waals surface area contributed by atoms with E-state index in [1.165, 1.54) is 43.1 Å². The number of fused-ring (bicyclic) bond motifs is 5. The molecule has 4 heteroatoms. The van der Waals surface area contributed by atoms with E-state index in [0.29, 0.717) is 17.6 Å². The van der Waals surface area contributed by atoms with Crippen LogP contribution < -0.4 is 0 Å². The lowest BCUT2D eigenvalue weighted by molar-refractivity contribution is 0.955. The van der Waals surface area contributed by atoms with Crippen molar-refractivity contribution in [2.45, 2.75) is 0 Å². The van der Waals surface area contributed by atoms with E-state index in [0.717, 1.165) is 33.3 Å². The van der Waals surface area contributed by atoms with Crippen molar-refractivity contribution in [1.82, 2.24) is 19.5 Å². The number of hydrogen-bond acceptors (Lipinski definition) is 3. The van der Waals surface area contributed by atoms with E-state index >= 15 is 0 Å². The highest BCUT2D eigenvalue weighted by molar-refractivity contribution is 6.37. The van der Waals surface area contributed by atoms with Gasteiger partial charge in [-0.15, -0.1) is 0 Å². The lowest BCUT2D eigenvalue weighted by Gasteiger charge is -2.13. The minimum atomic E-state index is 0.601. The highest BCUT2D eigenvalue weighted by Crippen LogP contribution is 2.46. The van der Waals surface area contributed by atoms with Crippen LogP contribution in [0.2, 0.25) is 0 Å². The van der Waals surface area contributed by atoms with Crippen molar-refractivity contribution in [2.75, 3.05) is 0 Å². The van der Waals surface area contributed by atoms with E-state index in [-0.39, 0.29) is 0 Å². The van der Waals surface area contributed by atoms with Gasteiger partial charge in [0.25, 0.3) is 0 Å². The second-order valence-corrected chi connectivity index (χ2v) is 12.0. The SMILES string of the molecule is c1ccc(-c2cccc(-c3nc(-c4ccccc4)nc(-n4c5cccc6c7ccccc7c7cc8ccccc8c4c7c65)n3)c2)cc1. The van der Waals surface area contributed by atoms with Gasteiger partial charge in [-0.25, -0.2) is 4.98 Å². The number of hydrogen-bond donors (Lipinski definition) is 0. The molecule has 0 saturated carbocycles. The third-order valence-corrected chi connectivity index (χ3v) is 9.37. The summed E-state index contributed by atoms with van der Waals surface area (Å²) in [4.78, 5) is 15.6.